The number of carboxylic acids is 1. The van der Waals surface area contributed by atoms with E-state index in [1.54, 1.807) is 0 Å². The second kappa shape index (κ2) is 4.82. The minimum atomic E-state index is -1.15. The van der Waals surface area contributed by atoms with Crippen molar-refractivity contribution in [3.05, 3.63) is 27.9 Å². The number of benzene rings is 1. The Balaban J connectivity index is 2.13. The molecule has 0 amide bonds. The Labute approximate surface area is 122 Å². The summed E-state index contributed by atoms with van der Waals surface area (Å²) in [5, 5.41) is 12.7. The van der Waals surface area contributed by atoms with E-state index in [9.17, 15) is 4.79 Å². The Morgan fingerprint density at radius 2 is 2.00 bits per heavy atom. The van der Waals surface area contributed by atoms with E-state index < -0.39 is 5.97 Å². The Hall–Kier alpha value is -2.02. The number of carboxylic acid groups (broad SMARTS) is 1. The Bertz CT molecular complexity index is 694. The number of aromatic nitrogens is 1. The third-order valence-corrected chi connectivity index (χ3v) is 3.60. The number of rotatable bonds is 2. The lowest BCUT2D eigenvalue weighted by atomic mass is 10.0. The lowest BCUT2D eigenvalue weighted by molar-refractivity contribution is 0.0652. The van der Waals surface area contributed by atoms with E-state index in [0.29, 0.717) is 30.4 Å². The number of fused-ring (bicyclic) bond motifs is 1. The van der Waals surface area contributed by atoms with Crippen molar-refractivity contribution in [3.8, 4) is 22.8 Å². The number of halogens is 1. The fourth-order valence-corrected chi connectivity index (χ4v) is 2.59. The summed E-state index contributed by atoms with van der Waals surface area (Å²) < 4.78 is 16.7. The standard InChI is InChI=1S/C13H10BrNO5/c1-6-7(9-5-10(13(16)17)20-15-9)4-8(14)12-11(6)18-2-3-19-12/h4-5H,2-3H2,1H3,(H,16,17). The van der Waals surface area contributed by atoms with Crippen molar-refractivity contribution < 1.29 is 23.9 Å². The number of hydrogen-bond donors (Lipinski definition) is 1. The third kappa shape index (κ3) is 2.03. The maximum atomic E-state index is 10.8. The normalized spacial score (nSPS) is 13.3. The molecule has 20 heavy (non-hydrogen) atoms. The molecule has 0 radical (unpaired) electrons. The lowest BCUT2D eigenvalue weighted by Crippen LogP contribution is -2.16. The van der Waals surface area contributed by atoms with Crippen molar-refractivity contribution in [2.75, 3.05) is 13.2 Å². The van der Waals surface area contributed by atoms with Gasteiger partial charge in [0.2, 0.25) is 5.76 Å². The van der Waals surface area contributed by atoms with Crippen LogP contribution in [0.15, 0.2) is 21.1 Å². The summed E-state index contributed by atoms with van der Waals surface area (Å²) in [4.78, 5) is 10.8. The van der Waals surface area contributed by atoms with Crippen molar-refractivity contribution in [3.63, 3.8) is 0 Å². The van der Waals surface area contributed by atoms with Gasteiger partial charge >= 0.3 is 5.97 Å². The molecule has 0 atom stereocenters. The molecule has 2 aromatic rings. The van der Waals surface area contributed by atoms with Gasteiger partial charge in [-0.25, -0.2) is 4.79 Å². The molecule has 1 aliphatic heterocycles. The summed E-state index contributed by atoms with van der Waals surface area (Å²) in [6.07, 6.45) is 0. The monoisotopic (exact) mass is 339 g/mol. The first kappa shape index (κ1) is 13.0. The van der Waals surface area contributed by atoms with E-state index in [1.165, 1.54) is 6.07 Å². The first-order chi connectivity index (χ1) is 9.58. The maximum absolute atomic E-state index is 10.8. The van der Waals surface area contributed by atoms with Crippen LogP contribution in [-0.2, 0) is 0 Å². The van der Waals surface area contributed by atoms with E-state index in [-0.39, 0.29) is 5.76 Å². The van der Waals surface area contributed by atoms with Gasteiger partial charge in [-0.15, -0.1) is 0 Å². The minimum Gasteiger partial charge on any atom is -0.486 e. The fourth-order valence-electron chi connectivity index (χ4n) is 2.07. The van der Waals surface area contributed by atoms with Gasteiger partial charge in [0.25, 0.3) is 0 Å². The number of ether oxygens (including phenoxy) is 2. The van der Waals surface area contributed by atoms with Crippen LogP contribution in [0.25, 0.3) is 11.3 Å². The summed E-state index contributed by atoms with van der Waals surface area (Å²) in [5.74, 6) is -0.0663. The van der Waals surface area contributed by atoms with Gasteiger partial charge in [-0.1, -0.05) is 5.16 Å². The van der Waals surface area contributed by atoms with Crippen LogP contribution in [0.4, 0.5) is 0 Å². The van der Waals surface area contributed by atoms with Crippen molar-refractivity contribution >= 4 is 21.9 Å². The van der Waals surface area contributed by atoms with Crippen LogP contribution in [0.1, 0.15) is 16.1 Å². The third-order valence-electron chi connectivity index (χ3n) is 3.01. The number of nitrogens with zero attached hydrogens (tertiary/aromatic N) is 1. The molecule has 6 nitrogen and oxygen atoms in total. The molecule has 7 heteroatoms. The van der Waals surface area contributed by atoms with Crippen molar-refractivity contribution in [2.24, 2.45) is 0 Å². The summed E-state index contributed by atoms with van der Waals surface area (Å²) in [5.41, 5.74) is 2.00. The maximum Gasteiger partial charge on any atom is 0.374 e. The van der Waals surface area contributed by atoms with E-state index in [0.717, 1.165) is 15.6 Å². The van der Waals surface area contributed by atoms with Gasteiger partial charge in [-0.2, -0.15) is 0 Å². The van der Waals surface area contributed by atoms with Crippen molar-refractivity contribution in [1.29, 1.82) is 0 Å². The van der Waals surface area contributed by atoms with Gasteiger partial charge in [0, 0.05) is 17.2 Å². The van der Waals surface area contributed by atoms with Crippen LogP contribution in [-0.4, -0.2) is 29.4 Å². The van der Waals surface area contributed by atoms with E-state index in [2.05, 4.69) is 21.1 Å². The van der Waals surface area contributed by atoms with Gasteiger partial charge in [-0.3, -0.25) is 0 Å². The molecule has 0 saturated carbocycles. The lowest BCUT2D eigenvalue weighted by Gasteiger charge is -2.22. The average molecular weight is 340 g/mol. The summed E-state index contributed by atoms with van der Waals surface area (Å²) in [6.45, 7) is 2.84. The number of carbonyl (C=O) groups is 1. The molecule has 1 aliphatic rings. The molecule has 1 aromatic heterocycles. The predicted molar refractivity (Wildman–Crippen MR) is 72.3 cm³/mol. The van der Waals surface area contributed by atoms with E-state index in [1.807, 2.05) is 13.0 Å². The van der Waals surface area contributed by atoms with Crippen molar-refractivity contribution in [1.82, 2.24) is 5.16 Å². The van der Waals surface area contributed by atoms with Crippen molar-refractivity contribution in [2.45, 2.75) is 6.92 Å². The molecule has 1 N–H and O–H groups in total. The molecule has 0 saturated heterocycles. The number of aromatic carboxylic acids is 1. The molecule has 1 aromatic carbocycles. The molecule has 0 aliphatic carbocycles. The molecule has 2 heterocycles. The highest BCUT2D eigenvalue weighted by atomic mass is 79.9. The zero-order valence-electron chi connectivity index (χ0n) is 10.5. The van der Waals surface area contributed by atoms with Gasteiger partial charge in [0.1, 0.15) is 18.9 Å². The topological polar surface area (TPSA) is 81.8 Å². The molecule has 0 bridgehead atoms. The molecule has 0 spiro atoms. The summed E-state index contributed by atoms with van der Waals surface area (Å²) >= 11 is 3.42. The highest BCUT2D eigenvalue weighted by Gasteiger charge is 2.23. The molecule has 0 unspecified atom stereocenters. The van der Waals surface area contributed by atoms with Crippen LogP contribution < -0.4 is 9.47 Å². The first-order valence-electron chi connectivity index (χ1n) is 5.87. The predicted octanol–water partition coefficient (Wildman–Crippen LogP) is 2.88. The zero-order valence-corrected chi connectivity index (χ0v) is 12.1. The smallest absolute Gasteiger partial charge is 0.374 e. The van der Waals surface area contributed by atoms with Crippen LogP contribution in [0.2, 0.25) is 0 Å². The zero-order chi connectivity index (χ0) is 14.3. The van der Waals surface area contributed by atoms with Crippen LogP contribution in [0.5, 0.6) is 11.5 Å². The Kier molecular flexibility index (Phi) is 3.13. The van der Waals surface area contributed by atoms with Gasteiger partial charge in [0.05, 0.1) is 4.47 Å². The first-order valence-corrected chi connectivity index (χ1v) is 6.66. The van der Waals surface area contributed by atoms with Gasteiger partial charge in [-0.05, 0) is 28.9 Å². The molecular formula is C13H10BrNO5. The van der Waals surface area contributed by atoms with Crippen LogP contribution in [0, 0.1) is 6.92 Å². The summed E-state index contributed by atoms with van der Waals surface area (Å²) in [6, 6.07) is 3.19. The molecule has 104 valence electrons. The van der Waals surface area contributed by atoms with E-state index >= 15 is 0 Å². The summed E-state index contributed by atoms with van der Waals surface area (Å²) in [7, 11) is 0. The quantitative estimate of drug-likeness (QED) is 0.905. The largest absolute Gasteiger partial charge is 0.486 e. The highest BCUT2D eigenvalue weighted by molar-refractivity contribution is 9.10. The van der Waals surface area contributed by atoms with E-state index in [4.69, 9.17) is 19.1 Å². The second-order valence-corrected chi connectivity index (χ2v) is 5.12. The van der Waals surface area contributed by atoms with Gasteiger partial charge < -0.3 is 19.1 Å². The minimum absolute atomic E-state index is 0.203. The highest BCUT2D eigenvalue weighted by Crippen LogP contribution is 2.44. The molecule has 3 rings (SSSR count). The Morgan fingerprint density at radius 3 is 2.65 bits per heavy atom. The molecular weight excluding hydrogens is 330 g/mol. The number of hydrogen-bond acceptors (Lipinski definition) is 5. The fraction of sp³-hybridized carbons (Fsp3) is 0.231. The average Bonchev–Trinajstić information content (AvgIpc) is 2.93. The second-order valence-electron chi connectivity index (χ2n) is 4.27. The van der Waals surface area contributed by atoms with Crippen LogP contribution >= 0.6 is 15.9 Å². The SMILES string of the molecule is Cc1c(-c2cc(C(=O)O)on2)cc(Br)c2c1OCCO2. The Morgan fingerprint density at radius 1 is 1.30 bits per heavy atom. The van der Waals surface area contributed by atoms with Crippen LogP contribution in [0.3, 0.4) is 0 Å². The van der Waals surface area contributed by atoms with Gasteiger partial charge in [0.15, 0.2) is 11.5 Å². The molecule has 0 fully saturated rings.